The number of hydrogen-bond acceptors (Lipinski definition) is 4. The van der Waals surface area contributed by atoms with Gasteiger partial charge in [0.05, 0.1) is 4.92 Å². The van der Waals surface area contributed by atoms with Crippen molar-refractivity contribution in [1.82, 2.24) is 5.43 Å². The first-order chi connectivity index (χ1) is 9.63. The molecule has 3 rings (SSSR count). The Labute approximate surface area is 116 Å². The molecule has 2 bridgehead atoms. The summed E-state index contributed by atoms with van der Waals surface area (Å²) in [6.07, 6.45) is 4.65. The van der Waals surface area contributed by atoms with Crippen molar-refractivity contribution in [3.05, 3.63) is 39.9 Å². The van der Waals surface area contributed by atoms with Crippen LogP contribution in [0.1, 0.15) is 36.0 Å². The lowest BCUT2D eigenvalue weighted by atomic mass is 9.99. The third-order valence-corrected chi connectivity index (χ3v) is 4.15. The second-order valence-corrected chi connectivity index (χ2v) is 5.43. The Morgan fingerprint density at radius 2 is 2.05 bits per heavy atom. The number of hydrogen-bond donors (Lipinski definition) is 1. The fraction of sp³-hybridized carbons (Fsp3) is 0.429. The van der Waals surface area contributed by atoms with E-state index >= 15 is 0 Å². The highest BCUT2D eigenvalue weighted by Gasteiger charge is 2.36. The summed E-state index contributed by atoms with van der Waals surface area (Å²) >= 11 is 0. The highest BCUT2D eigenvalue weighted by molar-refractivity contribution is 5.96. The molecule has 2 saturated carbocycles. The van der Waals surface area contributed by atoms with Crippen molar-refractivity contribution in [2.24, 2.45) is 16.9 Å². The molecule has 0 spiro atoms. The zero-order valence-electron chi connectivity index (χ0n) is 10.9. The Hall–Kier alpha value is -2.24. The van der Waals surface area contributed by atoms with Crippen LogP contribution in [0.25, 0.3) is 0 Å². The van der Waals surface area contributed by atoms with Crippen molar-refractivity contribution in [1.29, 1.82) is 0 Å². The first kappa shape index (κ1) is 12.8. The Morgan fingerprint density at radius 3 is 2.60 bits per heavy atom. The van der Waals surface area contributed by atoms with E-state index < -0.39 is 4.92 Å². The minimum Gasteiger partial charge on any atom is -0.267 e. The minimum absolute atomic E-state index is 0.0269. The molecule has 2 atom stereocenters. The normalized spacial score (nSPS) is 25.9. The van der Waals surface area contributed by atoms with Gasteiger partial charge in [-0.1, -0.05) is 0 Å². The largest absolute Gasteiger partial charge is 0.271 e. The van der Waals surface area contributed by atoms with Crippen LogP contribution in [0.15, 0.2) is 29.4 Å². The predicted octanol–water partition coefficient (Wildman–Crippen LogP) is 2.50. The monoisotopic (exact) mass is 273 g/mol. The van der Waals surface area contributed by atoms with Gasteiger partial charge in [-0.05, 0) is 49.7 Å². The molecule has 1 amide bonds. The van der Waals surface area contributed by atoms with Crippen molar-refractivity contribution < 1.29 is 9.72 Å². The summed E-state index contributed by atoms with van der Waals surface area (Å²) in [6.45, 7) is 0. The number of amides is 1. The van der Waals surface area contributed by atoms with Gasteiger partial charge in [-0.3, -0.25) is 14.9 Å². The molecule has 20 heavy (non-hydrogen) atoms. The molecule has 6 heteroatoms. The van der Waals surface area contributed by atoms with Gasteiger partial charge in [0.25, 0.3) is 11.6 Å². The molecule has 2 fully saturated rings. The van der Waals surface area contributed by atoms with E-state index in [1.165, 1.54) is 43.5 Å². The van der Waals surface area contributed by atoms with E-state index in [2.05, 4.69) is 10.5 Å². The fourth-order valence-electron chi connectivity index (χ4n) is 3.08. The maximum absolute atomic E-state index is 11.9. The second-order valence-electron chi connectivity index (χ2n) is 5.43. The number of nitrogens with zero attached hydrogens (tertiary/aromatic N) is 2. The Bertz CT molecular complexity index is 580. The zero-order chi connectivity index (χ0) is 14.1. The van der Waals surface area contributed by atoms with Gasteiger partial charge in [-0.25, -0.2) is 5.43 Å². The summed E-state index contributed by atoms with van der Waals surface area (Å²) in [5.74, 6) is 0.961. The van der Waals surface area contributed by atoms with Gasteiger partial charge in [-0.15, -0.1) is 0 Å². The summed E-state index contributed by atoms with van der Waals surface area (Å²) < 4.78 is 0. The van der Waals surface area contributed by atoms with Gasteiger partial charge >= 0.3 is 0 Å². The number of fused-ring (bicyclic) bond motifs is 2. The van der Waals surface area contributed by atoms with Crippen LogP contribution in [-0.4, -0.2) is 16.5 Å². The first-order valence-corrected chi connectivity index (χ1v) is 6.74. The lowest BCUT2D eigenvalue weighted by Crippen LogP contribution is -2.21. The molecule has 2 aliphatic rings. The van der Waals surface area contributed by atoms with Crippen LogP contribution in [0.4, 0.5) is 5.69 Å². The van der Waals surface area contributed by atoms with Gasteiger partial charge in [-0.2, -0.15) is 5.10 Å². The molecule has 0 radical (unpaired) electrons. The SMILES string of the molecule is O=C(NN=C1CC2CCC1C2)c1ccc([N+](=O)[O-])cc1. The van der Waals surface area contributed by atoms with E-state index in [-0.39, 0.29) is 11.6 Å². The minimum atomic E-state index is -0.489. The average molecular weight is 273 g/mol. The van der Waals surface area contributed by atoms with Gasteiger partial charge in [0.1, 0.15) is 0 Å². The fourth-order valence-corrected chi connectivity index (χ4v) is 3.08. The number of carbonyl (C=O) groups excluding carboxylic acids is 1. The second kappa shape index (κ2) is 5.03. The topological polar surface area (TPSA) is 84.6 Å². The number of non-ortho nitro benzene ring substituents is 1. The highest BCUT2D eigenvalue weighted by atomic mass is 16.6. The molecule has 1 aromatic rings. The number of hydrazone groups is 1. The molecule has 1 aromatic carbocycles. The van der Waals surface area contributed by atoms with E-state index in [4.69, 9.17) is 0 Å². The van der Waals surface area contributed by atoms with E-state index in [1.807, 2.05) is 0 Å². The summed E-state index contributed by atoms with van der Waals surface area (Å²) in [4.78, 5) is 21.9. The van der Waals surface area contributed by atoms with Crippen LogP contribution < -0.4 is 5.43 Å². The van der Waals surface area contributed by atoms with Crippen LogP contribution in [0.5, 0.6) is 0 Å². The summed E-state index contributed by atoms with van der Waals surface area (Å²) in [6, 6.07) is 5.52. The Morgan fingerprint density at radius 1 is 1.30 bits per heavy atom. The van der Waals surface area contributed by atoms with Crippen LogP contribution in [0.3, 0.4) is 0 Å². The van der Waals surface area contributed by atoms with E-state index in [0.29, 0.717) is 11.5 Å². The third-order valence-electron chi connectivity index (χ3n) is 4.15. The van der Waals surface area contributed by atoms with Gasteiger partial charge in [0.2, 0.25) is 0 Å². The lowest BCUT2D eigenvalue weighted by Gasteiger charge is -2.11. The first-order valence-electron chi connectivity index (χ1n) is 6.74. The smallest absolute Gasteiger partial charge is 0.267 e. The van der Waals surface area contributed by atoms with Crippen molar-refractivity contribution in [2.45, 2.75) is 25.7 Å². The molecule has 6 nitrogen and oxygen atoms in total. The molecule has 0 heterocycles. The molecule has 1 N–H and O–H groups in total. The van der Waals surface area contributed by atoms with E-state index in [1.54, 1.807) is 0 Å². The third kappa shape index (κ3) is 2.41. The molecule has 0 aliphatic heterocycles. The Kier molecular flexibility index (Phi) is 3.22. The summed E-state index contributed by atoms with van der Waals surface area (Å²) in [5, 5.41) is 14.8. The average Bonchev–Trinajstić information content (AvgIpc) is 3.07. The molecule has 2 aliphatic carbocycles. The molecule has 104 valence electrons. The lowest BCUT2D eigenvalue weighted by molar-refractivity contribution is -0.384. The highest BCUT2D eigenvalue weighted by Crippen LogP contribution is 2.42. The predicted molar refractivity (Wildman–Crippen MR) is 73.4 cm³/mol. The van der Waals surface area contributed by atoms with Gasteiger partial charge < -0.3 is 0 Å². The number of benzene rings is 1. The quantitative estimate of drug-likeness (QED) is 0.678. The van der Waals surface area contributed by atoms with Gasteiger partial charge in [0.15, 0.2) is 0 Å². The van der Waals surface area contributed by atoms with Crippen LogP contribution in [-0.2, 0) is 0 Å². The van der Waals surface area contributed by atoms with E-state index in [9.17, 15) is 14.9 Å². The molecule has 0 saturated heterocycles. The molecule has 0 aromatic heterocycles. The van der Waals surface area contributed by atoms with Crippen LogP contribution >= 0.6 is 0 Å². The number of carbonyl (C=O) groups is 1. The summed E-state index contributed by atoms with van der Waals surface area (Å²) in [7, 11) is 0. The maximum atomic E-state index is 11.9. The number of nitro groups is 1. The van der Waals surface area contributed by atoms with E-state index in [0.717, 1.165) is 18.1 Å². The van der Waals surface area contributed by atoms with Crippen molar-refractivity contribution >= 4 is 17.3 Å². The summed E-state index contributed by atoms with van der Waals surface area (Å²) in [5.41, 5.74) is 4.00. The number of nitrogens with one attached hydrogen (secondary N) is 1. The van der Waals surface area contributed by atoms with Crippen LogP contribution in [0.2, 0.25) is 0 Å². The maximum Gasteiger partial charge on any atom is 0.271 e. The van der Waals surface area contributed by atoms with Crippen LogP contribution in [0, 0.1) is 22.0 Å². The van der Waals surface area contributed by atoms with Crippen molar-refractivity contribution in [3.8, 4) is 0 Å². The van der Waals surface area contributed by atoms with Crippen molar-refractivity contribution in [3.63, 3.8) is 0 Å². The molecule has 2 unspecified atom stereocenters. The molecular weight excluding hydrogens is 258 g/mol. The van der Waals surface area contributed by atoms with Gasteiger partial charge in [0, 0.05) is 23.4 Å². The number of nitro benzene ring substituents is 1. The number of rotatable bonds is 3. The zero-order valence-corrected chi connectivity index (χ0v) is 10.9. The Balaban J connectivity index is 1.64. The van der Waals surface area contributed by atoms with Crippen molar-refractivity contribution in [2.75, 3.05) is 0 Å². The molecular formula is C14H15N3O3. The standard InChI is InChI=1S/C14H15N3O3/c18-14(10-3-5-12(6-4-10)17(19)20)16-15-13-8-9-1-2-11(13)7-9/h3-6,9,11H,1-2,7-8H2,(H,16,18).